The van der Waals surface area contributed by atoms with Crippen LogP contribution in [0.15, 0.2) is 29.3 Å². The minimum atomic E-state index is 0.154. The van der Waals surface area contributed by atoms with Gasteiger partial charge < -0.3 is 0 Å². The van der Waals surface area contributed by atoms with Crippen LogP contribution in [0.4, 0.5) is 5.69 Å². The van der Waals surface area contributed by atoms with Crippen LogP contribution < -0.4 is 0 Å². The van der Waals surface area contributed by atoms with E-state index in [0.717, 1.165) is 30.4 Å². The molecule has 1 aromatic rings. The summed E-state index contributed by atoms with van der Waals surface area (Å²) in [5.41, 5.74) is 0.823. The molecule has 2 aliphatic rings. The number of hydrogen-bond acceptors (Lipinski definition) is 4. The lowest BCUT2D eigenvalue weighted by Gasteiger charge is -2.33. The van der Waals surface area contributed by atoms with Gasteiger partial charge >= 0.3 is 0 Å². The lowest BCUT2D eigenvalue weighted by atomic mass is 10.3. The number of carbonyl (C=O) groups is 1. The zero-order valence-electron chi connectivity index (χ0n) is 9.67. The molecule has 1 aromatic carbocycles. The second-order valence-electron chi connectivity index (χ2n) is 4.21. The predicted molar refractivity (Wildman–Crippen MR) is 74.0 cm³/mol. The van der Waals surface area contributed by atoms with Crippen molar-refractivity contribution in [2.75, 3.05) is 19.6 Å². The van der Waals surface area contributed by atoms with Gasteiger partial charge in [-0.3, -0.25) is 9.80 Å². The Labute approximate surface area is 115 Å². The largest absolute Gasteiger partial charge is 0.285 e. The number of nitrogens with zero attached hydrogens (tertiary/aromatic N) is 3. The maximum atomic E-state index is 11.7. The first-order valence-electron chi connectivity index (χ1n) is 5.80. The topological polar surface area (TPSA) is 35.9 Å². The maximum absolute atomic E-state index is 11.7. The van der Waals surface area contributed by atoms with Gasteiger partial charge in [0.25, 0.3) is 0 Å². The van der Waals surface area contributed by atoms with E-state index in [1.807, 2.05) is 12.1 Å². The Morgan fingerprint density at radius 2 is 2.00 bits per heavy atom. The quantitative estimate of drug-likeness (QED) is 0.792. The Balaban J connectivity index is 1.89. The second kappa shape index (κ2) is 4.91. The third-order valence-electron chi connectivity index (χ3n) is 2.92. The number of amidine groups is 1. The summed E-state index contributed by atoms with van der Waals surface area (Å²) in [4.78, 5) is 16.2. The van der Waals surface area contributed by atoms with Crippen LogP contribution in [0, 0.1) is 0 Å². The number of rotatable bonds is 1. The molecule has 0 amide bonds. The van der Waals surface area contributed by atoms with Crippen LogP contribution in [0.1, 0.15) is 6.42 Å². The molecular formula is C12H12ClN3OS. The molecule has 0 atom stereocenters. The number of halogens is 1. The molecule has 3 rings (SSSR count). The average Bonchev–Trinajstić information content (AvgIpc) is 2.80. The van der Waals surface area contributed by atoms with Gasteiger partial charge in [0.15, 0.2) is 5.17 Å². The van der Waals surface area contributed by atoms with E-state index in [-0.39, 0.29) is 5.12 Å². The molecule has 2 aliphatic heterocycles. The third kappa shape index (κ3) is 2.39. The summed E-state index contributed by atoms with van der Waals surface area (Å²) in [6.07, 6.45) is 1.08. The van der Waals surface area contributed by atoms with E-state index < -0.39 is 0 Å². The highest BCUT2D eigenvalue weighted by Gasteiger charge is 2.33. The van der Waals surface area contributed by atoms with Gasteiger partial charge in [0.2, 0.25) is 5.12 Å². The van der Waals surface area contributed by atoms with Crippen LogP contribution in [0.3, 0.4) is 0 Å². The van der Waals surface area contributed by atoms with Gasteiger partial charge in [-0.15, -0.1) is 0 Å². The molecule has 0 aromatic heterocycles. The van der Waals surface area contributed by atoms with Gasteiger partial charge in [-0.25, -0.2) is 10.0 Å². The number of hydrogen-bond donors (Lipinski definition) is 0. The number of benzene rings is 1. The van der Waals surface area contributed by atoms with E-state index in [4.69, 9.17) is 11.6 Å². The first-order valence-corrected chi connectivity index (χ1v) is 6.99. The molecule has 2 fully saturated rings. The van der Waals surface area contributed by atoms with E-state index in [2.05, 4.69) is 15.0 Å². The molecule has 4 nitrogen and oxygen atoms in total. The van der Waals surface area contributed by atoms with Crippen molar-refractivity contribution >= 4 is 39.3 Å². The number of thioether (sulfide) groups is 1. The summed E-state index contributed by atoms with van der Waals surface area (Å²) in [6, 6.07) is 7.32. The fraction of sp³-hybridized carbons (Fsp3) is 0.333. The number of fused-ring (bicyclic) bond motifs is 1. The molecule has 18 heavy (non-hydrogen) atoms. The van der Waals surface area contributed by atoms with Crippen molar-refractivity contribution in [3.8, 4) is 0 Å². The summed E-state index contributed by atoms with van der Waals surface area (Å²) < 4.78 is 0. The summed E-state index contributed by atoms with van der Waals surface area (Å²) in [5, 5.41) is 5.77. The molecule has 0 bridgehead atoms. The standard InChI is InChI=1S/C12H12ClN3OS/c13-9-2-4-10(5-3-9)14-12-16-7-1-6-15(16)8-11(17)18-12/h2-5H,1,6-8H2. The van der Waals surface area contributed by atoms with E-state index in [9.17, 15) is 4.79 Å². The van der Waals surface area contributed by atoms with Crippen molar-refractivity contribution in [3.05, 3.63) is 29.3 Å². The zero-order chi connectivity index (χ0) is 12.5. The van der Waals surface area contributed by atoms with Crippen LogP contribution >= 0.6 is 23.4 Å². The molecule has 6 heteroatoms. The van der Waals surface area contributed by atoms with Crippen LogP contribution in [0.2, 0.25) is 5.02 Å². The molecule has 2 heterocycles. The molecule has 0 aliphatic carbocycles. The summed E-state index contributed by atoms with van der Waals surface area (Å²) in [5.74, 6) is 0. The van der Waals surface area contributed by atoms with E-state index >= 15 is 0 Å². The van der Waals surface area contributed by atoms with Gasteiger partial charge in [-0.2, -0.15) is 0 Å². The van der Waals surface area contributed by atoms with Crippen LogP contribution in [0.25, 0.3) is 0 Å². The third-order valence-corrected chi connectivity index (χ3v) is 4.01. The van der Waals surface area contributed by atoms with Crippen molar-refractivity contribution < 1.29 is 4.79 Å². The van der Waals surface area contributed by atoms with Gasteiger partial charge in [-0.05, 0) is 42.4 Å². The highest BCUT2D eigenvalue weighted by atomic mass is 35.5. The molecule has 2 saturated heterocycles. The SMILES string of the molecule is O=C1CN2CCCN2C(=Nc2ccc(Cl)cc2)S1. The number of aliphatic imine (C=N–C) groups is 1. The van der Waals surface area contributed by atoms with Crippen molar-refractivity contribution in [1.29, 1.82) is 0 Å². The minimum Gasteiger partial charge on any atom is -0.285 e. The predicted octanol–water partition coefficient (Wildman–Crippen LogP) is 2.52. The Kier molecular flexibility index (Phi) is 3.28. The van der Waals surface area contributed by atoms with Crippen molar-refractivity contribution in [2.24, 2.45) is 4.99 Å². The molecular weight excluding hydrogens is 270 g/mol. The van der Waals surface area contributed by atoms with Gasteiger partial charge in [0.1, 0.15) is 0 Å². The Hall–Kier alpha value is -1.04. The molecule has 0 spiro atoms. The van der Waals surface area contributed by atoms with Gasteiger partial charge in [0.05, 0.1) is 12.2 Å². The van der Waals surface area contributed by atoms with Crippen LogP contribution in [-0.4, -0.2) is 39.9 Å². The van der Waals surface area contributed by atoms with Gasteiger partial charge in [-0.1, -0.05) is 11.6 Å². The van der Waals surface area contributed by atoms with E-state index in [1.54, 1.807) is 12.1 Å². The number of carbonyl (C=O) groups excluding carboxylic acids is 1. The molecule has 0 radical (unpaired) electrons. The first-order chi connectivity index (χ1) is 8.72. The fourth-order valence-electron chi connectivity index (χ4n) is 2.09. The Morgan fingerprint density at radius 3 is 2.78 bits per heavy atom. The van der Waals surface area contributed by atoms with Crippen molar-refractivity contribution in [3.63, 3.8) is 0 Å². The minimum absolute atomic E-state index is 0.154. The second-order valence-corrected chi connectivity index (χ2v) is 5.67. The molecule has 94 valence electrons. The normalized spacial score (nSPS) is 22.6. The monoisotopic (exact) mass is 281 g/mol. The van der Waals surface area contributed by atoms with Crippen LogP contribution in [-0.2, 0) is 4.79 Å². The average molecular weight is 282 g/mol. The van der Waals surface area contributed by atoms with Gasteiger partial charge in [0, 0.05) is 18.1 Å². The molecule has 0 unspecified atom stereocenters. The molecule has 0 N–H and O–H groups in total. The fourth-order valence-corrected chi connectivity index (χ4v) is 3.09. The molecule has 0 saturated carbocycles. The van der Waals surface area contributed by atoms with Crippen molar-refractivity contribution in [1.82, 2.24) is 10.0 Å². The van der Waals surface area contributed by atoms with Crippen LogP contribution in [0.5, 0.6) is 0 Å². The van der Waals surface area contributed by atoms with E-state index in [0.29, 0.717) is 11.6 Å². The summed E-state index contributed by atoms with van der Waals surface area (Å²) >= 11 is 7.06. The lowest BCUT2D eigenvalue weighted by Crippen LogP contribution is -2.46. The Morgan fingerprint density at radius 1 is 1.22 bits per heavy atom. The maximum Gasteiger partial charge on any atom is 0.212 e. The summed E-state index contributed by atoms with van der Waals surface area (Å²) in [6.45, 7) is 2.36. The highest BCUT2D eigenvalue weighted by Crippen LogP contribution is 2.27. The van der Waals surface area contributed by atoms with Crippen molar-refractivity contribution in [2.45, 2.75) is 6.42 Å². The summed E-state index contributed by atoms with van der Waals surface area (Å²) in [7, 11) is 0. The number of hydrazine groups is 1. The highest BCUT2D eigenvalue weighted by molar-refractivity contribution is 8.26. The zero-order valence-corrected chi connectivity index (χ0v) is 11.2. The van der Waals surface area contributed by atoms with E-state index in [1.165, 1.54) is 11.8 Å². The smallest absolute Gasteiger partial charge is 0.212 e. The lowest BCUT2D eigenvalue weighted by molar-refractivity contribution is -0.114. The Bertz CT molecular complexity index is 503. The first kappa shape index (κ1) is 12.0.